The number of methoxy groups -OCH3 is 2. The van der Waals surface area contributed by atoms with Crippen molar-refractivity contribution in [2.24, 2.45) is 0 Å². The maximum Gasteiger partial charge on any atom is 0.291 e. The zero-order valence-electron chi connectivity index (χ0n) is 21.6. The number of ether oxygens (including phenoxy) is 2. The molecule has 0 bridgehead atoms. The number of amides is 2. The van der Waals surface area contributed by atoms with Crippen molar-refractivity contribution in [2.75, 3.05) is 50.6 Å². The summed E-state index contributed by atoms with van der Waals surface area (Å²) in [7, 11) is 3.28. The van der Waals surface area contributed by atoms with E-state index in [-0.39, 0.29) is 24.0 Å². The van der Waals surface area contributed by atoms with E-state index in [1.807, 2.05) is 66.7 Å². The number of nitrogens with one attached hydrogen (secondary N) is 1. The van der Waals surface area contributed by atoms with Crippen molar-refractivity contribution in [1.29, 1.82) is 0 Å². The predicted molar refractivity (Wildman–Crippen MR) is 147 cm³/mol. The lowest BCUT2D eigenvalue weighted by Crippen LogP contribution is -2.49. The number of furan rings is 1. The minimum absolute atomic E-state index is 0.162. The van der Waals surface area contributed by atoms with Crippen LogP contribution in [0.3, 0.4) is 0 Å². The maximum atomic E-state index is 13.6. The molecule has 8 nitrogen and oxygen atoms in total. The highest BCUT2D eigenvalue weighted by atomic mass is 16.5. The standard InChI is InChI=1S/C30H31N3O5/c1-36-22-14-11-21(12-15-22)13-16-27(34)31-28-23-7-3-5-9-25(23)38-29(28)30(35)33-19-17-32(18-20-33)24-8-4-6-10-26(24)37-2/h3-12,14-15H,13,16-20H2,1-2H3,(H,31,34). The predicted octanol–water partition coefficient (Wildman–Crippen LogP) is 4.98. The molecule has 0 aliphatic carbocycles. The number of para-hydroxylation sites is 3. The van der Waals surface area contributed by atoms with Crippen LogP contribution < -0.4 is 19.7 Å². The van der Waals surface area contributed by atoms with Crippen molar-refractivity contribution >= 4 is 34.2 Å². The molecule has 38 heavy (non-hydrogen) atoms. The lowest BCUT2D eigenvalue weighted by atomic mass is 10.1. The van der Waals surface area contributed by atoms with Gasteiger partial charge in [0.15, 0.2) is 0 Å². The van der Waals surface area contributed by atoms with Crippen molar-refractivity contribution < 1.29 is 23.5 Å². The SMILES string of the molecule is COc1ccc(CCC(=O)Nc2c(C(=O)N3CCN(c4ccccc4OC)CC3)oc3ccccc23)cc1. The monoisotopic (exact) mass is 513 g/mol. The molecular weight excluding hydrogens is 482 g/mol. The molecule has 5 rings (SSSR count). The lowest BCUT2D eigenvalue weighted by Gasteiger charge is -2.36. The molecule has 0 saturated carbocycles. The van der Waals surface area contributed by atoms with E-state index in [1.165, 1.54) is 0 Å². The normalized spacial score (nSPS) is 13.4. The van der Waals surface area contributed by atoms with E-state index in [9.17, 15) is 9.59 Å². The number of carbonyl (C=O) groups is 2. The Morgan fingerprint density at radius 2 is 1.58 bits per heavy atom. The first-order chi connectivity index (χ1) is 18.6. The van der Waals surface area contributed by atoms with Crippen LogP contribution in [-0.4, -0.2) is 57.1 Å². The van der Waals surface area contributed by atoms with E-state index in [2.05, 4.69) is 10.2 Å². The van der Waals surface area contributed by atoms with E-state index < -0.39 is 0 Å². The van der Waals surface area contributed by atoms with Crippen LogP contribution in [0.5, 0.6) is 11.5 Å². The minimum atomic E-state index is -0.230. The first-order valence-electron chi connectivity index (χ1n) is 12.7. The Kier molecular flexibility index (Phi) is 7.49. The largest absolute Gasteiger partial charge is 0.497 e. The smallest absolute Gasteiger partial charge is 0.291 e. The van der Waals surface area contributed by atoms with Gasteiger partial charge in [0.25, 0.3) is 5.91 Å². The molecule has 4 aromatic rings. The number of fused-ring (bicyclic) bond motifs is 1. The quantitative estimate of drug-likeness (QED) is 0.358. The van der Waals surface area contributed by atoms with Gasteiger partial charge < -0.3 is 29.0 Å². The van der Waals surface area contributed by atoms with Gasteiger partial charge in [-0.15, -0.1) is 0 Å². The number of rotatable bonds is 8. The number of piperazine rings is 1. The van der Waals surface area contributed by atoms with E-state index in [4.69, 9.17) is 13.9 Å². The Hall–Kier alpha value is -4.46. The van der Waals surface area contributed by atoms with Crippen molar-refractivity contribution in [2.45, 2.75) is 12.8 Å². The summed E-state index contributed by atoms with van der Waals surface area (Å²) in [5.74, 6) is 1.34. The highest BCUT2D eigenvalue weighted by molar-refractivity contribution is 6.10. The van der Waals surface area contributed by atoms with Gasteiger partial charge in [0.05, 0.1) is 19.9 Å². The number of nitrogens with zero attached hydrogens (tertiary/aromatic N) is 2. The Morgan fingerprint density at radius 1 is 0.868 bits per heavy atom. The average Bonchev–Trinajstić information content (AvgIpc) is 3.34. The van der Waals surface area contributed by atoms with Crippen molar-refractivity contribution in [3.8, 4) is 11.5 Å². The van der Waals surface area contributed by atoms with Crippen LogP contribution in [0.2, 0.25) is 0 Å². The summed E-state index contributed by atoms with van der Waals surface area (Å²) in [6.45, 7) is 2.38. The number of hydrogen-bond acceptors (Lipinski definition) is 6. The number of benzene rings is 3. The fourth-order valence-corrected chi connectivity index (χ4v) is 4.76. The Morgan fingerprint density at radius 3 is 2.32 bits per heavy atom. The summed E-state index contributed by atoms with van der Waals surface area (Å²) >= 11 is 0. The molecule has 1 aromatic heterocycles. The van der Waals surface area contributed by atoms with Gasteiger partial charge in [0.2, 0.25) is 11.7 Å². The number of carbonyl (C=O) groups excluding carboxylic acids is 2. The van der Waals surface area contributed by atoms with Crippen molar-refractivity contribution in [3.63, 3.8) is 0 Å². The number of aryl methyl sites for hydroxylation is 1. The lowest BCUT2D eigenvalue weighted by molar-refractivity contribution is -0.116. The molecule has 1 fully saturated rings. The summed E-state index contributed by atoms with van der Waals surface area (Å²) in [6.07, 6.45) is 0.844. The molecule has 1 saturated heterocycles. The second-order valence-corrected chi connectivity index (χ2v) is 9.15. The van der Waals surface area contributed by atoms with Gasteiger partial charge in [0.1, 0.15) is 22.8 Å². The third kappa shape index (κ3) is 5.29. The molecule has 1 N–H and O–H groups in total. The van der Waals surface area contributed by atoms with Crippen molar-refractivity contribution in [1.82, 2.24) is 4.90 Å². The van der Waals surface area contributed by atoms with Crippen LogP contribution in [-0.2, 0) is 11.2 Å². The molecule has 2 amide bonds. The summed E-state index contributed by atoms with van der Waals surface area (Å²) in [4.78, 5) is 30.5. The van der Waals surface area contributed by atoms with E-state index in [0.29, 0.717) is 49.3 Å². The first kappa shape index (κ1) is 25.2. The summed E-state index contributed by atoms with van der Waals surface area (Å²) < 4.78 is 16.7. The molecule has 0 radical (unpaired) electrons. The second kappa shape index (κ2) is 11.3. The van der Waals surface area contributed by atoms with Gasteiger partial charge in [-0.25, -0.2) is 0 Å². The van der Waals surface area contributed by atoms with Crippen LogP contribution in [0.25, 0.3) is 11.0 Å². The number of anilines is 2. The third-order valence-electron chi connectivity index (χ3n) is 6.85. The fraction of sp³-hybridized carbons (Fsp3) is 0.267. The Labute approximate surface area is 221 Å². The van der Waals surface area contributed by atoms with E-state index in [0.717, 1.165) is 22.7 Å². The van der Waals surface area contributed by atoms with E-state index >= 15 is 0 Å². The second-order valence-electron chi connectivity index (χ2n) is 9.15. The Balaban J connectivity index is 1.29. The van der Waals surface area contributed by atoms with Gasteiger partial charge in [-0.05, 0) is 48.4 Å². The molecule has 1 aliphatic rings. The van der Waals surface area contributed by atoms with Crippen LogP contribution in [0, 0.1) is 0 Å². The zero-order valence-corrected chi connectivity index (χ0v) is 21.6. The zero-order chi connectivity index (χ0) is 26.5. The summed E-state index contributed by atoms with van der Waals surface area (Å²) in [6, 6.07) is 22.9. The van der Waals surface area contributed by atoms with Gasteiger partial charge in [-0.3, -0.25) is 9.59 Å². The molecule has 0 unspecified atom stereocenters. The molecule has 8 heteroatoms. The van der Waals surface area contributed by atoms with Crippen LogP contribution >= 0.6 is 0 Å². The summed E-state index contributed by atoms with van der Waals surface area (Å²) in [5.41, 5.74) is 3.03. The molecule has 1 aliphatic heterocycles. The van der Waals surface area contributed by atoms with Gasteiger partial charge in [-0.1, -0.05) is 36.4 Å². The molecule has 0 spiro atoms. The van der Waals surface area contributed by atoms with Crippen LogP contribution in [0.1, 0.15) is 22.5 Å². The Bertz CT molecular complexity index is 1420. The maximum absolute atomic E-state index is 13.6. The van der Waals surface area contributed by atoms with Gasteiger partial charge in [-0.2, -0.15) is 0 Å². The highest BCUT2D eigenvalue weighted by Gasteiger charge is 2.29. The van der Waals surface area contributed by atoms with Gasteiger partial charge >= 0.3 is 0 Å². The number of hydrogen-bond donors (Lipinski definition) is 1. The third-order valence-corrected chi connectivity index (χ3v) is 6.85. The minimum Gasteiger partial charge on any atom is -0.497 e. The van der Waals surface area contributed by atoms with Gasteiger partial charge in [0, 0.05) is 38.0 Å². The van der Waals surface area contributed by atoms with E-state index in [1.54, 1.807) is 25.2 Å². The van der Waals surface area contributed by atoms with Crippen LogP contribution in [0.15, 0.2) is 77.2 Å². The topological polar surface area (TPSA) is 84.2 Å². The first-order valence-corrected chi connectivity index (χ1v) is 12.7. The molecule has 196 valence electrons. The fourth-order valence-electron chi connectivity index (χ4n) is 4.76. The molecule has 3 aromatic carbocycles. The van der Waals surface area contributed by atoms with Crippen LogP contribution in [0.4, 0.5) is 11.4 Å². The molecule has 0 atom stereocenters. The molecular formula is C30H31N3O5. The molecule has 2 heterocycles. The van der Waals surface area contributed by atoms with Crippen molar-refractivity contribution in [3.05, 3.63) is 84.1 Å². The average molecular weight is 514 g/mol. The highest BCUT2D eigenvalue weighted by Crippen LogP contribution is 2.33. The summed E-state index contributed by atoms with van der Waals surface area (Å²) in [5, 5.41) is 3.67.